The van der Waals surface area contributed by atoms with E-state index in [1.54, 1.807) is 21.3 Å². The zero-order valence-corrected chi connectivity index (χ0v) is 11.6. The molecule has 0 amide bonds. The first-order chi connectivity index (χ1) is 7.19. The van der Waals surface area contributed by atoms with Crippen LogP contribution >= 0.6 is 0 Å². The second kappa shape index (κ2) is 9.29. The maximum atomic E-state index is 5.77. The predicted molar refractivity (Wildman–Crippen MR) is 62.3 cm³/mol. The molecule has 15 heavy (non-hydrogen) atoms. The Labute approximate surface area is 94.7 Å². The molecule has 2 atom stereocenters. The summed E-state index contributed by atoms with van der Waals surface area (Å²) >= 11 is 0. The molecule has 0 N–H and O–H groups in total. The zero-order chi connectivity index (χ0) is 11.7. The van der Waals surface area contributed by atoms with Crippen LogP contribution in [0.25, 0.3) is 0 Å². The van der Waals surface area contributed by atoms with E-state index in [1.807, 2.05) is 6.92 Å². The lowest BCUT2D eigenvalue weighted by Gasteiger charge is -2.24. The Morgan fingerprint density at radius 1 is 1.13 bits per heavy atom. The summed E-state index contributed by atoms with van der Waals surface area (Å²) in [6, 6.07) is 0. The molecule has 0 aromatic heterocycles. The van der Waals surface area contributed by atoms with Gasteiger partial charge in [0.15, 0.2) is 0 Å². The van der Waals surface area contributed by atoms with Gasteiger partial charge >= 0.3 is 9.28 Å². The minimum absolute atomic E-state index is 0.114. The SMILES string of the molecule is CCCC(OCC(C)OC)[SiH](OC)OC. The van der Waals surface area contributed by atoms with Crippen LogP contribution in [0.1, 0.15) is 26.7 Å². The minimum atomic E-state index is -1.67. The van der Waals surface area contributed by atoms with Gasteiger partial charge in [-0.25, -0.2) is 0 Å². The summed E-state index contributed by atoms with van der Waals surface area (Å²) in [7, 11) is 3.39. The molecule has 0 aromatic carbocycles. The van der Waals surface area contributed by atoms with Crippen LogP contribution in [0.5, 0.6) is 0 Å². The van der Waals surface area contributed by atoms with Crippen molar-refractivity contribution in [2.24, 2.45) is 0 Å². The molecule has 0 rings (SSSR count). The average molecular weight is 236 g/mol. The highest BCUT2D eigenvalue weighted by Gasteiger charge is 2.24. The molecule has 0 saturated carbocycles. The van der Waals surface area contributed by atoms with Crippen molar-refractivity contribution in [1.82, 2.24) is 0 Å². The van der Waals surface area contributed by atoms with Gasteiger partial charge in [-0.05, 0) is 13.3 Å². The van der Waals surface area contributed by atoms with Crippen LogP contribution < -0.4 is 0 Å². The summed E-state index contributed by atoms with van der Waals surface area (Å²) in [4.78, 5) is 0. The third-order valence-electron chi connectivity index (χ3n) is 2.29. The van der Waals surface area contributed by atoms with Gasteiger partial charge in [0.2, 0.25) is 0 Å². The minimum Gasteiger partial charge on any atom is -0.398 e. The fourth-order valence-electron chi connectivity index (χ4n) is 1.31. The second-order valence-corrected chi connectivity index (χ2v) is 5.97. The van der Waals surface area contributed by atoms with Gasteiger partial charge in [-0.1, -0.05) is 13.3 Å². The fourth-order valence-corrected chi connectivity index (χ4v) is 2.98. The largest absolute Gasteiger partial charge is 0.398 e. The van der Waals surface area contributed by atoms with Gasteiger partial charge in [0.25, 0.3) is 0 Å². The molecule has 4 nitrogen and oxygen atoms in total. The highest BCUT2D eigenvalue weighted by molar-refractivity contribution is 6.45. The predicted octanol–water partition coefficient (Wildman–Crippen LogP) is 1.26. The topological polar surface area (TPSA) is 36.9 Å². The van der Waals surface area contributed by atoms with Crippen LogP contribution in [0.2, 0.25) is 0 Å². The lowest BCUT2D eigenvalue weighted by Crippen LogP contribution is -2.39. The number of rotatable bonds is 9. The molecular weight excluding hydrogens is 212 g/mol. The summed E-state index contributed by atoms with van der Waals surface area (Å²) in [5, 5.41) is 0. The number of hydrogen-bond acceptors (Lipinski definition) is 4. The van der Waals surface area contributed by atoms with E-state index in [0.29, 0.717) is 6.61 Å². The summed E-state index contributed by atoms with van der Waals surface area (Å²) in [5.74, 6) is 0. The van der Waals surface area contributed by atoms with Crippen LogP contribution in [0.3, 0.4) is 0 Å². The molecule has 92 valence electrons. The van der Waals surface area contributed by atoms with Crippen molar-refractivity contribution in [1.29, 1.82) is 0 Å². The third kappa shape index (κ3) is 6.27. The molecule has 2 unspecified atom stereocenters. The Hall–Kier alpha value is 0.0569. The smallest absolute Gasteiger partial charge is 0.350 e. The molecule has 0 fully saturated rings. The number of methoxy groups -OCH3 is 1. The first-order valence-electron chi connectivity index (χ1n) is 5.39. The molecule has 0 bridgehead atoms. The molecule has 5 heteroatoms. The van der Waals surface area contributed by atoms with E-state index in [-0.39, 0.29) is 11.8 Å². The van der Waals surface area contributed by atoms with E-state index in [4.69, 9.17) is 18.3 Å². The van der Waals surface area contributed by atoms with E-state index in [0.717, 1.165) is 12.8 Å². The van der Waals surface area contributed by atoms with Crippen molar-refractivity contribution >= 4 is 9.28 Å². The van der Waals surface area contributed by atoms with Crippen molar-refractivity contribution in [3.05, 3.63) is 0 Å². The fraction of sp³-hybridized carbons (Fsp3) is 1.00. The monoisotopic (exact) mass is 236 g/mol. The van der Waals surface area contributed by atoms with E-state index >= 15 is 0 Å². The summed E-state index contributed by atoms with van der Waals surface area (Å²) in [5.41, 5.74) is 0.114. The lowest BCUT2D eigenvalue weighted by molar-refractivity contribution is -0.00908. The van der Waals surface area contributed by atoms with Gasteiger partial charge in [0, 0.05) is 21.3 Å². The van der Waals surface area contributed by atoms with Crippen molar-refractivity contribution < 1.29 is 18.3 Å². The molecule has 0 aliphatic rings. The Bertz CT molecular complexity index is 141. The number of ether oxygens (including phenoxy) is 2. The maximum Gasteiger partial charge on any atom is 0.350 e. The van der Waals surface area contributed by atoms with Gasteiger partial charge < -0.3 is 18.3 Å². The highest BCUT2D eigenvalue weighted by atomic mass is 28.3. The van der Waals surface area contributed by atoms with Gasteiger partial charge in [0.05, 0.1) is 18.4 Å². The quantitative estimate of drug-likeness (QED) is 0.565. The molecule has 0 aromatic rings. The first-order valence-corrected chi connectivity index (χ1v) is 7.00. The third-order valence-corrected chi connectivity index (χ3v) is 4.35. The Balaban J connectivity index is 4.01. The van der Waals surface area contributed by atoms with Crippen LogP contribution in [0, 0.1) is 0 Å². The molecule has 0 heterocycles. The second-order valence-electron chi connectivity index (χ2n) is 3.55. The maximum absolute atomic E-state index is 5.77. The lowest BCUT2D eigenvalue weighted by atomic mass is 10.3. The van der Waals surface area contributed by atoms with E-state index < -0.39 is 9.28 Å². The molecule has 0 radical (unpaired) electrons. The van der Waals surface area contributed by atoms with Gasteiger partial charge in [-0.2, -0.15) is 0 Å². The van der Waals surface area contributed by atoms with Crippen molar-refractivity contribution in [3.63, 3.8) is 0 Å². The molecule has 0 aliphatic heterocycles. The summed E-state index contributed by atoms with van der Waals surface area (Å²) in [6.07, 6.45) is 2.17. The van der Waals surface area contributed by atoms with Crippen LogP contribution in [-0.2, 0) is 18.3 Å². The Kier molecular flexibility index (Phi) is 9.33. The molecule has 0 aliphatic carbocycles. The standard InChI is InChI=1S/C10H24O4Si/c1-6-7-10(15(12-4)13-5)14-8-9(2)11-3/h9-10,15H,6-8H2,1-5H3. The van der Waals surface area contributed by atoms with Gasteiger partial charge in [0.1, 0.15) is 0 Å². The average Bonchev–Trinajstić information content (AvgIpc) is 2.26. The van der Waals surface area contributed by atoms with Crippen LogP contribution in [0.4, 0.5) is 0 Å². The van der Waals surface area contributed by atoms with Crippen LogP contribution in [0.15, 0.2) is 0 Å². The summed E-state index contributed by atoms with van der Waals surface area (Å²) < 4.78 is 21.6. The van der Waals surface area contributed by atoms with Crippen molar-refractivity contribution in [2.45, 2.75) is 38.5 Å². The Morgan fingerprint density at radius 3 is 2.13 bits per heavy atom. The first kappa shape index (κ1) is 15.1. The van der Waals surface area contributed by atoms with E-state index in [9.17, 15) is 0 Å². The van der Waals surface area contributed by atoms with Gasteiger partial charge in [-0.3, -0.25) is 0 Å². The molecular formula is C10H24O4Si. The highest BCUT2D eigenvalue weighted by Crippen LogP contribution is 2.09. The molecule has 0 saturated heterocycles. The number of hydrogen-bond donors (Lipinski definition) is 0. The summed E-state index contributed by atoms with van der Waals surface area (Å²) in [6.45, 7) is 4.71. The van der Waals surface area contributed by atoms with E-state index in [2.05, 4.69) is 6.92 Å². The molecule has 0 spiro atoms. The van der Waals surface area contributed by atoms with Gasteiger partial charge in [-0.15, -0.1) is 0 Å². The zero-order valence-electron chi connectivity index (χ0n) is 10.5. The van der Waals surface area contributed by atoms with E-state index in [1.165, 1.54) is 0 Å². The van der Waals surface area contributed by atoms with Crippen molar-refractivity contribution in [2.75, 3.05) is 27.9 Å². The normalized spacial score (nSPS) is 15.6. The van der Waals surface area contributed by atoms with Crippen LogP contribution in [-0.4, -0.2) is 49.1 Å². The Morgan fingerprint density at radius 2 is 1.73 bits per heavy atom. The van der Waals surface area contributed by atoms with Crippen molar-refractivity contribution in [3.8, 4) is 0 Å².